The third-order valence-electron chi connectivity index (χ3n) is 4.65. The summed E-state index contributed by atoms with van der Waals surface area (Å²) in [5.41, 5.74) is 2.72. The average Bonchev–Trinajstić information content (AvgIpc) is 2.39. The summed E-state index contributed by atoms with van der Waals surface area (Å²) in [7, 11) is 4.60. The molecule has 0 unspecified atom stereocenters. The molecule has 1 aromatic rings. The van der Waals surface area contributed by atoms with E-state index in [0.29, 0.717) is 24.0 Å². The second-order valence-corrected chi connectivity index (χ2v) is 6.61. The van der Waals surface area contributed by atoms with Gasteiger partial charge in [0.1, 0.15) is 0 Å². The zero-order valence-electron chi connectivity index (χ0n) is 11.8. The maximum absolute atomic E-state index is 12.0. The number of piperidine rings is 1. The van der Waals surface area contributed by atoms with Crippen molar-refractivity contribution in [3.05, 3.63) is 47.5 Å². The van der Waals surface area contributed by atoms with Crippen LogP contribution in [0, 0.1) is 5.92 Å². The van der Waals surface area contributed by atoms with Crippen LogP contribution in [0.1, 0.15) is 24.3 Å². The first kappa shape index (κ1) is 12.6. The molecule has 1 aromatic carbocycles. The van der Waals surface area contributed by atoms with Gasteiger partial charge >= 0.3 is 0 Å². The summed E-state index contributed by atoms with van der Waals surface area (Å²) in [5, 5.41) is 0. The average molecular weight is 256 g/mol. The van der Waals surface area contributed by atoms with Gasteiger partial charge in [-0.3, -0.25) is 4.79 Å². The highest BCUT2D eigenvalue weighted by atomic mass is 16.1. The molecule has 0 bridgehead atoms. The van der Waals surface area contributed by atoms with Gasteiger partial charge < -0.3 is 4.48 Å². The van der Waals surface area contributed by atoms with Crippen LogP contribution in [0.2, 0.25) is 0 Å². The minimum atomic E-state index is 0.312. The number of ketones is 1. The molecule has 0 radical (unpaired) electrons. The molecule has 0 saturated carbocycles. The summed E-state index contributed by atoms with van der Waals surface area (Å²) in [6.07, 6.45) is 3.69. The van der Waals surface area contributed by atoms with E-state index < -0.39 is 0 Å². The smallest absolute Gasteiger partial charge is 0.156 e. The molecule has 2 nitrogen and oxygen atoms in total. The Bertz CT molecular complexity index is 515. The number of likely N-dealkylation sites (tertiary alicyclic amines) is 1. The van der Waals surface area contributed by atoms with Crippen molar-refractivity contribution in [1.82, 2.24) is 0 Å². The highest BCUT2D eigenvalue weighted by molar-refractivity contribution is 5.92. The van der Waals surface area contributed by atoms with Crippen molar-refractivity contribution in [3.63, 3.8) is 0 Å². The number of nitrogens with zero attached hydrogens (tertiary/aromatic N) is 1. The highest BCUT2D eigenvalue weighted by Gasteiger charge is 2.40. The van der Waals surface area contributed by atoms with E-state index in [2.05, 4.69) is 38.4 Å². The van der Waals surface area contributed by atoms with Crippen molar-refractivity contribution in [3.8, 4) is 0 Å². The first-order valence-corrected chi connectivity index (χ1v) is 7.15. The fourth-order valence-corrected chi connectivity index (χ4v) is 3.60. The van der Waals surface area contributed by atoms with Crippen LogP contribution in [-0.2, 0) is 4.79 Å². The van der Waals surface area contributed by atoms with Crippen LogP contribution < -0.4 is 0 Å². The lowest BCUT2D eigenvalue weighted by Gasteiger charge is -2.44. The maximum Gasteiger partial charge on any atom is 0.156 e. The van der Waals surface area contributed by atoms with Crippen LogP contribution in [0.25, 0.3) is 0 Å². The summed E-state index contributed by atoms with van der Waals surface area (Å²) in [6.45, 7) is 2.30. The molecule has 0 amide bonds. The molecule has 0 spiro atoms. The van der Waals surface area contributed by atoms with Gasteiger partial charge in [0.2, 0.25) is 0 Å². The van der Waals surface area contributed by atoms with Gasteiger partial charge in [-0.25, -0.2) is 0 Å². The zero-order valence-corrected chi connectivity index (χ0v) is 11.8. The maximum atomic E-state index is 12.0. The molecular weight excluding hydrogens is 234 g/mol. The zero-order chi connectivity index (χ0) is 13.5. The summed E-state index contributed by atoms with van der Waals surface area (Å²) in [6, 6.07) is 10.6. The Hall–Kier alpha value is -1.41. The molecule has 2 aliphatic rings. The van der Waals surface area contributed by atoms with E-state index in [4.69, 9.17) is 0 Å². The van der Waals surface area contributed by atoms with E-state index in [1.54, 1.807) is 0 Å². The second-order valence-electron chi connectivity index (χ2n) is 6.61. The number of fused-ring (bicyclic) bond motifs is 1. The van der Waals surface area contributed by atoms with Crippen LogP contribution in [0.5, 0.6) is 0 Å². The van der Waals surface area contributed by atoms with Crippen molar-refractivity contribution in [2.45, 2.75) is 18.8 Å². The molecule has 1 aliphatic carbocycles. The van der Waals surface area contributed by atoms with Crippen LogP contribution in [0.15, 0.2) is 42.0 Å². The minimum Gasteiger partial charge on any atom is -0.328 e. The Labute approximate surface area is 115 Å². The van der Waals surface area contributed by atoms with E-state index in [1.165, 1.54) is 11.1 Å². The van der Waals surface area contributed by atoms with Crippen LogP contribution >= 0.6 is 0 Å². The SMILES string of the molecule is C[N+]1(C)CCC2=CC(=O)C[C@@H](c3ccccc3)[C@@H]2C1. The molecule has 2 heteroatoms. The van der Waals surface area contributed by atoms with E-state index in [9.17, 15) is 4.79 Å². The monoisotopic (exact) mass is 256 g/mol. The quantitative estimate of drug-likeness (QED) is 0.706. The molecule has 100 valence electrons. The molecule has 1 heterocycles. The van der Waals surface area contributed by atoms with Gasteiger partial charge in [-0.2, -0.15) is 0 Å². The molecule has 1 fully saturated rings. The van der Waals surface area contributed by atoms with Gasteiger partial charge in [-0.05, 0) is 11.6 Å². The molecular formula is C17H22NO+. The third-order valence-corrected chi connectivity index (χ3v) is 4.65. The van der Waals surface area contributed by atoms with Crippen molar-refractivity contribution in [2.75, 3.05) is 27.2 Å². The van der Waals surface area contributed by atoms with Gasteiger partial charge in [-0.1, -0.05) is 35.9 Å². The van der Waals surface area contributed by atoms with Crippen molar-refractivity contribution >= 4 is 5.78 Å². The van der Waals surface area contributed by atoms with Crippen LogP contribution in [0.4, 0.5) is 0 Å². The summed E-state index contributed by atoms with van der Waals surface area (Å²) in [4.78, 5) is 12.0. The number of allylic oxidation sites excluding steroid dienone is 1. The van der Waals surface area contributed by atoms with Gasteiger partial charge in [0.05, 0.1) is 27.2 Å². The fraction of sp³-hybridized carbons (Fsp3) is 0.471. The highest BCUT2D eigenvalue weighted by Crippen LogP contribution is 2.41. The first-order chi connectivity index (χ1) is 9.05. The van der Waals surface area contributed by atoms with E-state index in [1.807, 2.05) is 12.1 Å². The third kappa shape index (κ3) is 2.50. The fourth-order valence-electron chi connectivity index (χ4n) is 3.60. The lowest BCUT2D eigenvalue weighted by atomic mass is 9.71. The second kappa shape index (κ2) is 4.61. The van der Waals surface area contributed by atoms with Gasteiger partial charge in [0.25, 0.3) is 0 Å². The predicted molar refractivity (Wildman–Crippen MR) is 76.8 cm³/mol. The normalized spacial score (nSPS) is 29.6. The topological polar surface area (TPSA) is 17.1 Å². The van der Waals surface area contributed by atoms with Crippen molar-refractivity contribution < 1.29 is 9.28 Å². The Kier molecular flexibility index (Phi) is 3.06. The first-order valence-electron chi connectivity index (χ1n) is 7.15. The van der Waals surface area contributed by atoms with Crippen LogP contribution in [-0.4, -0.2) is 37.5 Å². The molecule has 1 aliphatic heterocycles. The molecule has 0 aromatic heterocycles. The Balaban J connectivity index is 1.96. The summed E-state index contributed by atoms with van der Waals surface area (Å²) in [5.74, 6) is 1.24. The number of hydrogen-bond acceptors (Lipinski definition) is 1. The Morgan fingerprint density at radius 2 is 1.84 bits per heavy atom. The molecule has 19 heavy (non-hydrogen) atoms. The number of carbonyl (C=O) groups excluding carboxylic acids is 1. The molecule has 3 rings (SSSR count). The number of rotatable bonds is 1. The largest absolute Gasteiger partial charge is 0.328 e. The van der Waals surface area contributed by atoms with E-state index >= 15 is 0 Å². The van der Waals surface area contributed by atoms with Gasteiger partial charge in [0, 0.05) is 24.7 Å². The predicted octanol–water partition coefficient (Wildman–Crippen LogP) is 2.77. The van der Waals surface area contributed by atoms with E-state index in [0.717, 1.165) is 24.0 Å². The lowest BCUT2D eigenvalue weighted by molar-refractivity contribution is -0.896. The Morgan fingerprint density at radius 3 is 2.58 bits per heavy atom. The number of carbonyl (C=O) groups is 1. The Morgan fingerprint density at radius 1 is 1.11 bits per heavy atom. The van der Waals surface area contributed by atoms with Gasteiger partial charge in [0.15, 0.2) is 5.78 Å². The number of hydrogen-bond donors (Lipinski definition) is 0. The standard InChI is InChI=1S/C17H22NO/c1-18(2)9-8-14-10-15(19)11-16(17(14)12-18)13-6-4-3-5-7-13/h3-7,10,16-17H,8-9,11-12H2,1-2H3/q+1/t16-,17+/m0/s1. The summed E-state index contributed by atoms with van der Waals surface area (Å²) >= 11 is 0. The number of quaternary nitrogens is 1. The minimum absolute atomic E-state index is 0.312. The molecule has 0 N–H and O–H groups in total. The van der Waals surface area contributed by atoms with Crippen molar-refractivity contribution in [1.29, 1.82) is 0 Å². The van der Waals surface area contributed by atoms with Crippen molar-refractivity contribution in [2.24, 2.45) is 5.92 Å². The van der Waals surface area contributed by atoms with Crippen LogP contribution in [0.3, 0.4) is 0 Å². The van der Waals surface area contributed by atoms with E-state index in [-0.39, 0.29) is 0 Å². The molecule has 1 saturated heterocycles. The number of benzene rings is 1. The van der Waals surface area contributed by atoms with Gasteiger partial charge in [-0.15, -0.1) is 0 Å². The molecule has 2 atom stereocenters. The summed E-state index contributed by atoms with van der Waals surface area (Å²) < 4.78 is 1.07. The lowest BCUT2D eigenvalue weighted by Crippen LogP contribution is -2.50.